The van der Waals surface area contributed by atoms with Gasteiger partial charge < -0.3 is 19.1 Å². The van der Waals surface area contributed by atoms with Crippen LogP contribution in [0.15, 0.2) is 0 Å². The highest BCUT2D eigenvalue weighted by Crippen LogP contribution is 2.34. The van der Waals surface area contributed by atoms with Crippen LogP contribution in [0.2, 0.25) is 0 Å². The van der Waals surface area contributed by atoms with Gasteiger partial charge >= 0.3 is 6.09 Å². The molecule has 1 atom stereocenters. The number of piperidine rings is 1. The van der Waals surface area contributed by atoms with Crippen molar-refractivity contribution in [2.24, 2.45) is 0 Å². The molecule has 5 nitrogen and oxygen atoms in total. The first-order chi connectivity index (χ1) is 8.31. The van der Waals surface area contributed by atoms with Crippen molar-refractivity contribution < 1.29 is 19.0 Å². The van der Waals surface area contributed by atoms with E-state index < -0.39 is 11.4 Å². The van der Waals surface area contributed by atoms with E-state index in [0.29, 0.717) is 26.2 Å². The molecule has 1 amide bonds. The zero-order valence-corrected chi connectivity index (χ0v) is 11.7. The van der Waals surface area contributed by atoms with Crippen LogP contribution >= 0.6 is 0 Å². The Balaban J connectivity index is 1.95. The van der Waals surface area contributed by atoms with Gasteiger partial charge in [-0.25, -0.2) is 4.79 Å². The van der Waals surface area contributed by atoms with Crippen LogP contribution < -0.4 is 0 Å². The van der Waals surface area contributed by atoms with Crippen molar-refractivity contribution in [1.82, 2.24) is 4.90 Å². The number of likely N-dealkylation sites (tertiary alicyclic amines) is 1. The first-order valence-corrected chi connectivity index (χ1v) is 6.59. The highest BCUT2D eigenvalue weighted by atomic mass is 16.7. The van der Waals surface area contributed by atoms with Gasteiger partial charge in [0.25, 0.3) is 0 Å². The number of nitrogens with zero attached hydrogens (tertiary/aromatic N) is 1. The van der Waals surface area contributed by atoms with E-state index in [1.807, 2.05) is 27.7 Å². The maximum atomic E-state index is 12.0. The molecule has 2 rings (SSSR count). The van der Waals surface area contributed by atoms with Crippen LogP contribution in [-0.2, 0) is 14.2 Å². The van der Waals surface area contributed by atoms with Crippen molar-refractivity contribution in [2.75, 3.05) is 19.8 Å². The van der Waals surface area contributed by atoms with E-state index in [4.69, 9.17) is 14.2 Å². The quantitative estimate of drug-likeness (QED) is 0.667. The van der Waals surface area contributed by atoms with E-state index in [1.54, 1.807) is 4.90 Å². The van der Waals surface area contributed by atoms with Crippen LogP contribution in [0.5, 0.6) is 0 Å². The molecule has 1 spiro atoms. The normalized spacial score (nSPS) is 27.6. The van der Waals surface area contributed by atoms with E-state index in [1.165, 1.54) is 0 Å². The summed E-state index contributed by atoms with van der Waals surface area (Å²) in [6.45, 7) is 9.57. The number of ether oxygens (including phenoxy) is 3. The summed E-state index contributed by atoms with van der Waals surface area (Å²) < 4.78 is 16.8. The third-order valence-corrected chi connectivity index (χ3v) is 3.31. The van der Waals surface area contributed by atoms with Crippen LogP contribution in [-0.4, -0.2) is 48.2 Å². The van der Waals surface area contributed by atoms with Crippen LogP contribution in [0.25, 0.3) is 0 Å². The number of amides is 1. The van der Waals surface area contributed by atoms with Gasteiger partial charge in [-0.05, 0) is 27.7 Å². The molecule has 2 fully saturated rings. The number of carbonyl (C=O) groups is 1. The average Bonchev–Trinajstić information content (AvgIpc) is 2.63. The fourth-order valence-electron chi connectivity index (χ4n) is 2.52. The lowest BCUT2D eigenvalue weighted by Crippen LogP contribution is -2.53. The van der Waals surface area contributed by atoms with Gasteiger partial charge in [0.1, 0.15) is 5.60 Å². The molecular weight excluding hydrogens is 234 g/mol. The molecule has 0 unspecified atom stereocenters. The van der Waals surface area contributed by atoms with E-state index in [-0.39, 0.29) is 12.1 Å². The summed E-state index contributed by atoms with van der Waals surface area (Å²) in [5.41, 5.74) is -0.452. The lowest BCUT2D eigenvalue weighted by Gasteiger charge is -2.42. The smallest absolute Gasteiger partial charge is 0.410 e. The van der Waals surface area contributed by atoms with Gasteiger partial charge in [0.05, 0.1) is 13.2 Å². The molecule has 2 saturated heterocycles. The third-order valence-electron chi connectivity index (χ3n) is 3.31. The second-order valence-corrected chi connectivity index (χ2v) is 6.08. The van der Waals surface area contributed by atoms with E-state index in [9.17, 15) is 4.79 Å². The Morgan fingerprint density at radius 2 is 1.94 bits per heavy atom. The summed E-state index contributed by atoms with van der Waals surface area (Å²) in [6, 6.07) is 0.0756. The molecule has 0 aromatic carbocycles. The zero-order chi connectivity index (χ0) is 13.4. The molecule has 0 N–H and O–H groups in total. The monoisotopic (exact) mass is 257 g/mol. The Bertz CT molecular complexity index is 317. The Labute approximate surface area is 108 Å². The third kappa shape index (κ3) is 2.95. The van der Waals surface area contributed by atoms with Crippen LogP contribution in [0, 0.1) is 0 Å². The Hall–Kier alpha value is -0.810. The molecule has 18 heavy (non-hydrogen) atoms. The second kappa shape index (κ2) is 4.70. The molecule has 0 aliphatic carbocycles. The topological polar surface area (TPSA) is 48.0 Å². The molecule has 0 aromatic rings. The maximum Gasteiger partial charge on any atom is 0.410 e. The second-order valence-electron chi connectivity index (χ2n) is 6.08. The number of hydrogen-bond donors (Lipinski definition) is 0. The van der Waals surface area contributed by atoms with Crippen LogP contribution in [0.3, 0.4) is 0 Å². The highest BCUT2D eigenvalue weighted by molar-refractivity contribution is 5.68. The number of rotatable bonds is 0. The van der Waals surface area contributed by atoms with Gasteiger partial charge in [-0.1, -0.05) is 0 Å². The Kier molecular flexibility index (Phi) is 3.56. The van der Waals surface area contributed by atoms with Gasteiger partial charge in [-0.3, -0.25) is 0 Å². The maximum absolute atomic E-state index is 12.0. The van der Waals surface area contributed by atoms with Crippen LogP contribution in [0.4, 0.5) is 4.79 Å². The molecule has 0 radical (unpaired) electrons. The molecule has 5 heteroatoms. The molecule has 2 aliphatic heterocycles. The van der Waals surface area contributed by atoms with E-state index in [0.717, 1.165) is 6.42 Å². The van der Waals surface area contributed by atoms with Crippen molar-refractivity contribution in [3.63, 3.8) is 0 Å². The van der Waals surface area contributed by atoms with Crippen molar-refractivity contribution in [3.05, 3.63) is 0 Å². The minimum atomic E-state index is -0.460. The summed E-state index contributed by atoms with van der Waals surface area (Å²) in [5.74, 6) is -0.460. The standard InChI is InChI=1S/C13H23NO4/c1-10-9-13(16-7-8-17-13)5-6-14(10)11(15)18-12(2,3)4/h10H,5-9H2,1-4H3/t10-/m1/s1. The van der Waals surface area contributed by atoms with Gasteiger partial charge in [-0.15, -0.1) is 0 Å². The fourth-order valence-corrected chi connectivity index (χ4v) is 2.52. The fraction of sp³-hybridized carbons (Fsp3) is 0.923. The summed E-state index contributed by atoms with van der Waals surface area (Å²) in [4.78, 5) is 13.8. The minimum absolute atomic E-state index is 0.0756. The summed E-state index contributed by atoms with van der Waals surface area (Å²) in [7, 11) is 0. The van der Waals surface area contributed by atoms with Crippen molar-refractivity contribution in [2.45, 2.75) is 58.0 Å². The van der Waals surface area contributed by atoms with Gasteiger partial charge in [0.2, 0.25) is 0 Å². The lowest BCUT2D eigenvalue weighted by molar-refractivity contribution is -0.192. The molecular formula is C13H23NO4. The Morgan fingerprint density at radius 3 is 2.44 bits per heavy atom. The first-order valence-electron chi connectivity index (χ1n) is 6.59. The molecule has 0 saturated carbocycles. The van der Waals surface area contributed by atoms with Crippen molar-refractivity contribution in [3.8, 4) is 0 Å². The molecule has 2 aliphatic rings. The summed E-state index contributed by atoms with van der Waals surface area (Å²) in [5, 5.41) is 0. The molecule has 104 valence electrons. The predicted octanol–water partition coefficient (Wildman–Crippen LogP) is 2.15. The molecule has 0 bridgehead atoms. The van der Waals surface area contributed by atoms with Crippen molar-refractivity contribution >= 4 is 6.09 Å². The van der Waals surface area contributed by atoms with Gasteiger partial charge in [-0.2, -0.15) is 0 Å². The number of hydrogen-bond acceptors (Lipinski definition) is 4. The van der Waals surface area contributed by atoms with Crippen molar-refractivity contribution in [1.29, 1.82) is 0 Å². The number of carbonyl (C=O) groups excluding carboxylic acids is 1. The summed E-state index contributed by atoms with van der Waals surface area (Å²) in [6.07, 6.45) is 1.19. The lowest BCUT2D eigenvalue weighted by atomic mass is 9.97. The predicted molar refractivity (Wildman–Crippen MR) is 66.3 cm³/mol. The van der Waals surface area contributed by atoms with E-state index in [2.05, 4.69) is 0 Å². The minimum Gasteiger partial charge on any atom is -0.444 e. The molecule has 0 aromatic heterocycles. The van der Waals surface area contributed by atoms with E-state index >= 15 is 0 Å². The SMILES string of the molecule is C[C@@H]1CC2(CCN1C(=O)OC(C)(C)C)OCCO2. The summed E-state index contributed by atoms with van der Waals surface area (Å²) >= 11 is 0. The van der Waals surface area contributed by atoms with Crippen LogP contribution in [0.1, 0.15) is 40.5 Å². The average molecular weight is 257 g/mol. The largest absolute Gasteiger partial charge is 0.444 e. The zero-order valence-electron chi connectivity index (χ0n) is 11.7. The molecule has 2 heterocycles. The first kappa shape index (κ1) is 13.6. The Morgan fingerprint density at radius 1 is 1.33 bits per heavy atom. The highest BCUT2D eigenvalue weighted by Gasteiger charge is 2.44. The van der Waals surface area contributed by atoms with Gasteiger partial charge in [0, 0.05) is 25.4 Å². The van der Waals surface area contributed by atoms with Gasteiger partial charge in [0.15, 0.2) is 5.79 Å².